The molecule has 0 atom stereocenters. The predicted octanol–water partition coefficient (Wildman–Crippen LogP) is 2.93. The highest BCUT2D eigenvalue weighted by atomic mass is 16.5. The lowest BCUT2D eigenvalue weighted by Crippen LogP contribution is -2.23. The number of rotatable bonds is 2. The minimum atomic E-state index is -0.444. The normalized spacial score (nSPS) is 10.7. The van der Waals surface area contributed by atoms with Gasteiger partial charge in [-0.25, -0.2) is 4.98 Å². The number of para-hydroxylation sites is 2. The van der Waals surface area contributed by atoms with Gasteiger partial charge in [-0.1, -0.05) is 24.3 Å². The highest BCUT2D eigenvalue weighted by Crippen LogP contribution is 2.23. The first-order chi connectivity index (χ1) is 11.0. The first-order valence-corrected chi connectivity index (χ1v) is 7.26. The van der Waals surface area contributed by atoms with Crippen LogP contribution in [0.5, 0.6) is 5.75 Å². The minimum absolute atomic E-state index is 0.184. The molecule has 0 saturated heterocycles. The number of ether oxygens (including phenoxy) is 1. The van der Waals surface area contributed by atoms with Crippen molar-refractivity contribution in [2.45, 2.75) is 20.8 Å². The number of aryl methyl sites for hydroxylation is 2. The van der Waals surface area contributed by atoms with Crippen molar-refractivity contribution >= 4 is 16.9 Å². The maximum Gasteiger partial charge on any atom is 0.308 e. The van der Waals surface area contributed by atoms with E-state index in [1.165, 1.54) is 6.92 Å². The van der Waals surface area contributed by atoms with E-state index in [0.717, 1.165) is 11.3 Å². The van der Waals surface area contributed by atoms with Crippen LogP contribution in [0.1, 0.15) is 18.3 Å². The Morgan fingerprint density at radius 2 is 1.83 bits per heavy atom. The second-order valence-corrected chi connectivity index (χ2v) is 5.33. The van der Waals surface area contributed by atoms with E-state index >= 15 is 0 Å². The van der Waals surface area contributed by atoms with Gasteiger partial charge >= 0.3 is 5.97 Å². The van der Waals surface area contributed by atoms with Crippen molar-refractivity contribution in [2.24, 2.45) is 0 Å². The summed E-state index contributed by atoms with van der Waals surface area (Å²) in [5, 5.41) is 0.414. The summed E-state index contributed by atoms with van der Waals surface area (Å²) >= 11 is 0. The molecule has 5 heteroatoms. The van der Waals surface area contributed by atoms with Crippen LogP contribution in [0.4, 0.5) is 0 Å². The van der Waals surface area contributed by atoms with Crippen LogP contribution in [0.2, 0.25) is 0 Å². The molecule has 0 spiro atoms. The summed E-state index contributed by atoms with van der Waals surface area (Å²) in [7, 11) is 0. The van der Waals surface area contributed by atoms with Crippen molar-refractivity contribution in [1.29, 1.82) is 0 Å². The molecule has 0 aliphatic heterocycles. The van der Waals surface area contributed by atoms with Gasteiger partial charge in [0.05, 0.1) is 11.1 Å². The van der Waals surface area contributed by atoms with E-state index in [2.05, 4.69) is 4.98 Å². The third kappa shape index (κ3) is 2.61. The molecule has 23 heavy (non-hydrogen) atoms. The minimum Gasteiger partial charge on any atom is -0.424 e. The number of benzene rings is 2. The van der Waals surface area contributed by atoms with Gasteiger partial charge in [-0.2, -0.15) is 0 Å². The van der Waals surface area contributed by atoms with Crippen molar-refractivity contribution in [2.75, 3.05) is 0 Å². The van der Waals surface area contributed by atoms with Gasteiger partial charge in [-0.15, -0.1) is 0 Å². The Balaban J connectivity index is 2.34. The molecular weight excluding hydrogens is 292 g/mol. The first kappa shape index (κ1) is 15.0. The van der Waals surface area contributed by atoms with Gasteiger partial charge in [0, 0.05) is 6.92 Å². The summed E-state index contributed by atoms with van der Waals surface area (Å²) in [6, 6.07) is 12.6. The zero-order chi connectivity index (χ0) is 16.6. The summed E-state index contributed by atoms with van der Waals surface area (Å²) in [6.45, 7) is 5.03. The average molecular weight is 308 g/mol. The smallest absolute Gasteiger partial charge is 0.308 e. The van der Waals surface area contributed by atoms with Gasteiger partial charge in [0.1, 0.15) is 11.3 Å². The lowest BCUT2D eigenvalue weighted by atomic mass is 10.1. The Bertz CT molecular complexity index is 974. The summed E-state index contributed by atoms with van der Waals surface area (Å²) in [5.74, 6) is 0.392. The zero-order valence-electron chi connectivity index (χ0n) is 13.2. The van der Waals surface area contributed by atoms with Gasteiger partial charge in [0.2, 0.25) is 0 Å². The van der Waals surface area contributed by atoms with Gasteiger partial charge in [-0.3, -0.25) is 14.2 Å². The van der Waals surface area contributed by atoms with Crippen LogP contribution in [-0.4, -0.2) is 15.5 Å². The van der Waals surface area contributed by atoms with Gasteiger partial charge in [0.15, 0.2) is 5.75 Å². The van der Waals surface area contributed by atoms with Crippen molar-refractivity contribution in [3.05, 3.63) is 64.2 Å². The molecule has 0 bridgehead atoms. The van der Waals surface area contributed by atoms with Gasteiger partial charge in [0.25, 0.3) is 5.56 Å². The van der Waals surface area contributed by atoms with Crippen molar-refractivity contribution in [3.63, 3.8) is 0 Å². The third-order valence-corrected chi connectivity index (χ3v) is 3.64. The highest BCUT2D eigenvalue weighted by Gasteiger charge is 2.14. The quantitative estimate of drug-likeness (QED) is 0.539. The maximum absolute atomic E-state index is 12.9. The van der Waals surface area contributed by atoms with Gasteiger partial charge < -0.3 is 4.74 Å². The standard InChI is InChI=1S/C18H16N2O3/c1-11-7-4-5-9-15(11)20-12(2)19-17-14(18(20)22)8-6-10-16(17)23-13(3)21/h4-10H,1-3H3. The summed E-state index contributed by atoms with van der Waals surface area (Å²) in [5.41, 5.74) is 1.99. The number of nitrogens with zero attached hydrogens (tertiary/aromatic N) is 2. The number of carbonyl (C=O) groups is 1. The lowest BCUT2D eigenvalue weighted by molar-refractivity contribution is -0.131. The molecule has 1 heterocycles. The third-order valence-electron chi connectivity index (χ3n) is 3.64. The van der Waals surface area contributed by atoms with E-state index in [-0.39, 0.29) is 5.56 Å². The van der Waals surface area contributed by atoms with Crippen molar-refractivity contribution < 1.29 is 9.53 Å². The molecule has 2 aromatic carbocycles. The Kier molecular flexibility index (Phi) is 3.70. The van der Waals surface area contributed by atoms with E-state index < -0.39 is 5.97 Å². The Hall–Kier alpha value is -2.95. The molecule has 3 aromatic rings. The molecule has 5 nitrogen and oxygen atoms in total. The molecule has 116 valence electrons. The monoisotopic (exact) mass is 308 g/mol. The molecule has 1 aromatic heterocycles. The fraction of sp³-hybridized carbons (Fsp3) is 0.167. The topological polar surface area (TPSA) is 61.2 Å². The molecule has 0 aliphatic rings. The molecule has 0 radical (unpaired) electrons. The van der Waals surface area contributed by atoms with Crippen LogP contribution < -0.4 is 10.3 Å². The first-order valence-electron chi connectivity index (χ1n) is 7.26. The predicted molar refractivity (Wildman–Crippen MR) is 88.1 cm³/mol. The fourth-order valence-electron chi connectivity index (χ4n) is 2.62. The molecule has 0 amide bonds. The SMILES string of the molecule is CC(=O)Oc1cccc2c(=O)n(-c3ccccc3C)c(C)nc12. The van der Waals surface area contributed by atoms with E-state index in [1.807, 2.05) is 31.2 Å². The Labute approximate surface area is 133 Å². The van der Waals surface area contributed by atoms with Crippen LogP contribution in [-0.2, 0) is 4.79 Å². The zero-order valence-corrected chi connectivity index (χ0v) is 13.2. The van der Waals surface area contributed by atoms with Gasteiger partial charge in [-0.05, 0) is 37.6 Å². The molecular formula is C18H16N2O3. The van der Waals surface area contributed by atoms with Crippen LogP contribution in [0, 0.1) is 13.8 Å². The number of aromatic nitrogens is 2. The Morgan fingerprint density at radius 3 is 2.52 bits per heavy atom. The number of esters is 1. The number of carbonyl (C=O) groups excluding carboxylic acids is 1. The van der Waals surface area contributed by atoms with Crippen molar-refractivity contribution in [1.82, 2.24) is 9.55 Å². The maximum atomic E-state index is 12.9. The van der Waals surface area contributed by atoms with Crippen LogP contribution in [0.15, 0.2) is 47.3 Å². The molecule has 0 aliphatic carbocycles. The number of hydrogen-bond acceptors (Lipinski definition) is 4. The molecule has 0 N–H and O–H groups in total. The van der Waals surface area contributed by atoms with Crippen LogP contribution >= 0.6 is 0 Å². The van der Waals surface area contributed by atoms with Crippen LogP contribution in [0.25, 0.3) is 16.6 Å². The number of hydrogen-bond donors (Lipinski definition) is 0. The molecule has 0 saturated carbocycles. The second-order valence-electron chi connectivity index (χ2n) is 5.33. The van der Waals surface area contributed by atoms with E-state index in [0.29, 0.717) is 22.5 Å². The number of fused-ring (bicyclic) bond motifs is 1. The molecule has 3 rings (SSSR count). The van der Waals surface area contributed by atoms with Crippen LogP contribution in [0.3, 0.4) is 0 Å². The lowest BCUT2D eigenvalue weighted by Gasteiger charge is -2.14. The average Bonchev–Trinajstić information content (AvgIpc) is 2.49. The fourth-order valence-corrected chi connectivity index (χ4v) is 2.62. The van der Waals surface area contributed by atoms with E-state index in [1.54, 1.807) is 29.7 Å². The van der Waals surface area contributed by atoms with Crippen molar-refractivity contribution in [3.8, 4) is 11.4 Å². The summed E-state index contributed by atoms with van der Waals surface area (Å²) in [4.78, 5) is 28.6. The second kappa shape index (κ2) is 5.68. The van der Waals surface area contributed by atoms with E-state index in [9.17, 15) is 9.59 Å². The molecule has 0 unspecified atom stereocenters. The largest absolute Gasteiger partial charge is 0.424 e. The van der Waals surface area contributed by atoms with E-state index in [4.69, 9.17) is 4.74 Å². The summed E-state index contributed by atoms with van der Waals surface area (Å²) in [6.07, 6.45) is 0. The Morgan fingerprint density at radius 1 is 1.09 bits per heavy atom. The molecule has 0 fully saturated rings. The highest BCUT2D eigenvalue weighted by molar-refractivity contribution is 5.86. The summed E-state index contributed by atoms with van der Waals surface area (Å²) < 4.78 is 6.74.